The molecule has 2 aliphatic rings. The van der Waals surface area contributed by atoms with Crippen LogP contribution in [0.25, 0.3) is 0 Å². The first-order chi connectivity index (χ1) is 9.44. The average molecular weight is 282 g/mol. The standard InChI is InChI=1S/C15H26N2O3/c1-15(2,11-6-5-8-16-10-11)14(20)17-9-4-3-7-12(17)13(18)19/h11-12,16H,3-10H2,1-2H3,(H,18,19)/t11?,12-/m1/s1. The molecule has 1 unspecified atom stereocenters. The molecule has 0 aromatic heterocycles. The lowest BCUT2D eigenvalue weighted by Gasteiger charge is -2.42. The molecule has 20 heavy (non-hydrogen) atoms. The molecule has 2 aliphatic heterocycles. The SMILES string of the molecule is CC(C)(C(=O)N1CCCC[C@@H]1C(=O)O)C1CCCNC1. The molecule has 1 amide bonds. The number of aliphatic carboxylic acids is 1. The van der Waals surface area contributed by atoms with E-state index in [4.69, 9.17) is 0 Å². The van der Waals surface area contributed by atoms with Gasteiger partial charge in [-0.2, -0.15) is 0 Å². The van der Waals surface area contributed by atoms with Crippen LogP contribution in [0.3, 0.4) is 0 Å². The minimum absolute atomic E-state index is 0.0123. The first kappa shape index (κ1) is 15.3. The molecule has 5 nitrogen and oxygen atoms in total. The fraction of sp³-hybridized carbons (Fsp3) is 0.867. The summed E-state index contributed by atoms with van der Waals surface area (Å²) in [6, 6.07) is -0.632. The highest BCUT2D eigenvalue weighted by Crippen LogP contribution is 2.35. The van der Waals surface area contributed by atoms with Gasteiger partial charge in [-0.3, -0.25) is 4.79 Å². The Bertz CT molecular complexity index is 375. The van der Waals surface area contributed by atoms with Gasteiger partial charge >= 0.3 is 5.97 Å². The number of carboxylic acids is 1. The molecule has 114 valence electrons. The van der Waals surface area contributed by atoms with Crippen molar-refractivity contribution in [1.29, 1.82) is 0 Å². The van der Waals surface area contributed by atoms with E-state index in [0.717, 1.165) is 38.8 Å². The van der Waals surface area contributed by atoms with Crippen LogP contribution in [0.5, 0.6) is 0 Å². The Balaban J connectivity index is 2.12. The summed E-state index contributed by atoms with van der Waals surface area (Å²) < 4.78 is 0. The van der Waals surface area contributed by atoms with E-state index in [1.165, 1.54) is 0 Å². The first-order valence-corrected chi connectivity index (χ1v) is 7.69. The maximum atomic E-state index is 12.9. The molecule has 0 bridgehead atoms. The zero-order chi connectivity index (χ0) is 14.8. The second kappa shape index (κ2) is 6.12. The lowest BCUT2D eigenvalue weighted by molar-refractivity contribution is -0.158. The molecule has 2 atom stereocenters. The van der Waals surface area contributed by atoms with E-state index < -0.39 is 17.4 Å². The minimum Gasteiger partial charge on any atom is -0.480 e. The quantitative estimate of drug-likeness (QED) is 0.822. The van der Waals surface area contributed by atoms with Crippen LogP contribution in [0, 0.1) is 11.3 Å². The summed E-state index contributed by atoms with van der Waals surface area (Å²) in [5, 5.41) is 12.7. The van der Waals surface area contributed by atoms with Gasteiger partial charge in [0.15, 0.2) is 0 Å². The fourth-order valence-corrected chi connectivity index (χ4v) is 3.44. The molecule has 0 aromatic carbocycles. The Kier molecular flexibility index (Phi) is 4.68. The van der Waals surface area contributed by atoms with Gasteiger partial charge in [0, 0.05) is 12.0 Å². The van der Waals surface area contributed by atoms with Gasteiger partial charge in [0.25, 0.3) is 0 Å². The Morgan fingerprint density at radius 2 is 1.95 bits per heavy atom. The minimum atomic E-state index is -0.865. The lowest BCUT2D eigenvalue weighted by Crippen LogP contribution is -2.55. The van der Waals surface area contributed by atoms with Gasteiger partial charge in [-0.1, -0.05) is 13.8 Å². The van der Waals surface area contributed by atoms with Gasteiger partial charge in [-0.25, -0.2) is 4.79 Å². The van der Waals surface area contributed by atoms with Crippen LogP contribution in [-0.4, -0.2) is 47.6 Å². The van der Waals surface area contributed by atoms with Crippen LogP contribution in [0.15, 0.2) is 0 Å². The van der Waals surface area contributed by atoms with E-state index in [-0.39, 0.29) is 5.91 Å². The molecule has 2 fully saturated rings. The van der Waals surface area contributed by atoms with Gasteiger partial charge < -0.3 is 15.3 Å². The summed E-state index contributed by atoms with van der Waals surface area (Å²) in [7, 11) is 0. The van der Waals surface area contributed by atoms with E-state index in [9.17, 15) is 14.7 Å². The van der Waals surface area contributed by atoms with Crippen LogP contribution < -0.4 is 5.32 Å². The molecule has 2 N–H and O–H groups in total. The van der Waals surface area contributed by atoms with Gasteiger partial charge in [0.1, 0.15) is 6.04 Å². The molecule has 0 saturated carbocycles. The molecular formula is C15H26N2O3. The maximum absolute atomic E-state index is 12.9. The van der Waals surface area contributed by atoms with E-state index in [1.54, 1.807) is 4.90 Å². The van der Waals surface area contributed by atoms with Crippen molar-refractivity contribution in [2.75, 3.05) is 19.6 Å². The van der Waals surface area contributed by atoms with E-state index in [0.29, 0.717) is 18.9 Å². The largest absolute Gasteiger partial charge is 0.480 e. The number of carboxylic acid groups (broad SMARTS) is 1. The van der Waals surface area contributed by atoms with Crippen molar-refractivity contribution in [2.45, 2.75) is 52.0 Å². The number of rotatable bonds is 3. The van der Waals surface area contributed by atoms with Crippen LogP contribution >= 0.6 is 0 Å². The third kappa shape index (κ3) is 2.97. The Morgan fingerprint density at radius 3 is 2.55 bits per heavy atom. The van der Waals surface area contributed by atoms with Crippen molar-refractivity contribution in [1.82, 2.24) is 10.2 Å². The number of piperidine rings is 2. The number of hydrogen-bond acceptors (Lipinski definition) is 3. The number of likely N-dealkylation sites (tertiary alicyclic amines) is 1. The fourth-order valence-electron chi connectivity index (χ4n) is 3.44. The third-order valence-electron chi connectivity index (χ3n) is 4.92. The van der Waals surface area contributed by atoms with Crippen LogP contribution in [-0.2, 0) is 9.59 Å². The summed E-state index contributed by atoms with van der Waals surface area (Å²) in [5.74, 6) is -0.561. The molecule has 2 saturated heterocycles. The Labute approximate surface area is 120 Å². The monoisotopic (exact) mass is 282 g/mol. The second-order valence-corrected chi connectivity index (χ2v) is 6.61. The third-order valence-corrected chi connectivity index (χ3v) is 4.92. The molecular weight excluding hydrogens is 256 g/mol. The summed E-state index contributed by atoms with van der Waals surface area (Å²) in [6.45, 7) is 6.40. The summed E-state index contributed by atoms with van der Waals surface area (Å²) in [6.07, 6.45) is 4.52. The summed E-state index contributed by atoms with van der Waals surface area (Å²) in [4.78, 5) is 25.8. The number of nitrogens with one attached hydrogen (secondary N) is 1. The number of nitrogens with zero attached hydrogens (tertiary/aromatic N) is 1. The van der Waals surface area contributed by atoms with E-state index >= 15 is 0 Å². The molecule has 0 radical (unpaired) electrons. The van der Waals surface area contributed by atoms with Crippen molar-refractivity contribution in [2.24, 2.45) is 11.3 Å². The lowest BCUT2D eigenvalue weighted by atomic mass is 9.73. The average Bonchev–Trinajstić information content (AvgIpc) is 2.47. The zero-order valence-electron chi connectivity index (χ0n) is 12.5. The summed E-state index contributed by atoms with van der Waals surface area (Å²) >= 11 is 0. The van der Waals surface area contributed by atoms with Crippen molar-refractivity contribution in [3.8, 4) is 0 Å². The second-order valence-electron chi connectivity index (χ2n) is 6.61. The van der Waals surface area contributed by atoms with Gasteiger partial charge in [0.2, 0.25) is 5.91 Å². The van der Waals surface area contributed by atoms with Gasteiger partial charge in [-0.15, -0.1) is 0 Å². The van der Waals surface area contributed by atoms with Crippen molar-refractivity contribution in [3.05, 3.63) is 0 Å². The predicted octanol–water partition coefficient (Wildman–Crippen LogP) is 1.48. The highest BCUT2D eigenvalue weighted by molar-refractivity contribution is 5.87. The molecule has 2 rings (SSSR count). The Hall–Kier alpha value is -1.10. The van der Waals surface area contributed by atoms with Gasteiger partial charge in [-0.05, 0) is 51.1 Å². The first-order valence-electron chi connectivity index (χ1n) is 7.69. The maximum Gasteiger partial charge on any atom is 0.326 e. The molecule has 5 heteroatoms. The van der Waals surface area contributed by atoms with Crippen molar-refractivity contribution < 1.29 is 14.7 Å². The number of hydrogen-bond donors (Lipinski definition) is 2. The molecule has 0 spiro atoms. The highest BCUT2D eigenvalue weighted by Gasteiger charge is 2.43. The van der Waals surface area contributed by atoms with E-state index in [2.05, 4.69) is 5.32 Å². The van der Waals surface area contributed by atoms with Crippen molar-refractivity contribution >= 4 is 11.9 Å². The topological polar surface area (TPSA) is 69.6 Å². The Morgan fingerprint density at radius 1 is 1.20 bits per heavy atom. The normalized spacial score (nSPS) is 28.2. The molecule has 0 aromatic rings. The van der Waals surface area contributed by atoms with Crippen LogP contribution in [0.4, 0.5) is 0 Å². The predicted molar refractivity (Wildman–Crippen MR) is 76.4 cm³/mol. The van der Waals surface area contributed by atoms with Gasteiger partial charge in [0.05, 0.1) is 0 Å². The van der Waals surface area contributed by atoms with Crippen LogP contribution in [0.1, 0.15) is 46.0 Å². The van der Waals surface area contributed by atoms with E-state index in [1.807, 2.05) is 13.8 Å². The smallest absolute Gasteiger partial charge is 0.326 e. The molecule has 0 aliphatic carbocycles. The number of carbonyl (C=O) groups is 2. The zero-order valence-corrected chi connectivity index (χ0v) is 12.5. The summed E-state index contributed by atoms with van der Waals surface area (Å²) in [5.41, 5.74) is -0.488. The number of amides is 1. The number of carbonyl (C=O) groups excluding carboxylic acids is 1. The van der Waals surface area contributed by atoms with Crippen LogP contribution in [0.2, 0.25) is 0 Å². The van der Waals surface area contributed by atoms with Crippen molar-refractivity contribution in [3.63, 3.8) is 0 Å². The highest BCUT2D eigenvalue weighted by atomic mass is 16.4. The molecule has 2 heterocycles.